The average molecular weight is 382 g/mol. The number of hydrogen-bond acceptors (Lipinski definition) is 5. The number of carbonyl (C=O) groups excluding carboxylic acids is 2. The van der Waals surface area contributed by atoms with Crippen molar-refractivity contribution in [3.8, 4) is 0 Å². The normalized spacial score (nSPS) is 21.4. The van der Waals surface area contributed by atoms with Crippen LogP contribution < -0.4 is 0 Å². The fourth-order valence-electron chi connectivity index (χ4n) is 2.73. The number of nitrogens with zero attached hydrogens (tertiary/aromatic N) is 2. The van der Waals surface area contributed by atoms with Crippen molar-refractivity contribution >= 4 is 38.8 Å². The molecular weight excluding hydrogens is 366 g/mol. The van der Waals surface area contributed by atoms with Gasteiger partial charge in [0.2, 0.25) is 0 Å². The second-order valence-corrected chi connectivity index (χ2v) is 6.34. The number of H-pyrrole nitrogens is 1. The number of fused-ring (bicyclic) bond motifs is 1. The molecule has 1 fully saturated rings. The molecule has 1 aromatic heterocycles. The van der Waals surface area contributed by atoms with E-state index in [0.29, 0.717) is 17.6 Å². The first-order valence-electron chi connectivity index (χ1n) is 7.14. The van der Waals surface area contributed by atoms with Crippen molar-refractivity contribution in [1.82, 2.24) is 14.9 Å². The maximum atomic E-state index is 12.9. The third-order valence-corrected chi connectivity index (χ3v) is 4.19. The fraction of sp³-hybridized carbons (Fsp3) is 0.400. The molecule has 0 saturated carbocycles. The summed E-state index contributed by atoms with van der Waals surface area (Å²) >= 11 is 3.40. The van der Waals surface area contributed by atoms with E-state index >= 15 is 0 Å². The minimum absolute atomic E-state index is 0.161. The van der Waals surface area contributed by atoms with E-state index in [1.165, 1.54) is 7.11 Å². The maximum Gasteiger partial charge on any atom is 0.336 e. The summed E-state index contributed by atoms with van der Waals surface area (Å²) in [6.07, 6.45) is 0.528. The Kier molecular flexibility index (Phi) is 4.36. The first-order chi connectivity index (χ1) is 11.0. The van der Waals surface area contributed by atoms with Crippen LogP contribution in [-0.2, 0) is 14.3 Å². The Hall–Kier alpha value is -1.93. The molecule has 2 aromatic rings. The standard InChI is InChI=1S/C15H16BrN3O4/c1-8-5-19(6-12(23-8)15(21)22-2)14(20)10-3-9(16)4-11-13(10)18-7-17-11/h3-4,7-8,12H,5-6H2,1-2H3,(H,17,18)/t8-,12+/m1/s1. The van der Waals surface area contributed by atoms with E-state index < -0.39 is 12.1 Å². The molecule has 0 spiro atoms. The van der Waals surface area contributed by atoms with Gasteiger partial charge in [-0.15, -0.1) is 0 Å². The van der Waals surface area contributed by atoms with Gasteiger partial charge in [0, 0.05) is 11.0 Å². The smallest absolute Gasteiger partial charge is 0.336 e. The number of morpholine rings is 1. The largest absolute Gasteiger partial charge is 0.467 e. The van der Waals surface area contributed by atoms with Gasteiger partial charge in [-0.1, -0.05) is 15.9 Å². The van der Waals surface area contributed by atoms with E-state index in [0.717, 1.165) is 9.99 Å². The summed E-state index contributed by atoms with van der Waals surface area (Å²) in [6, 6.07) is 3.59. The topological polar surface area (TPSA) is 84.5 Å². The van der Waals surface area contributed by atoms with E-state index in [-0.39, 0.29) is 18.6 Å². The van der Waals surface area contributed by atoms with Crippen molar-refractivity contribution in [2.75, 3.05) is 20.2 Å². The van der Waals surface area contributed by atoms with Crippen LogP contribution in [0.4, 0.5) is 0 Å². The highest BCUT2D eigenvalue weighted by Gasteiger charge is 2.34. The quantitative estimate of drug-likeness (QED) is 0.800. The molecule has 0 radical (unpaired) electrons. The van der Waals surface area contributed by atoms with Gasteiger partial charge >= 0.3 is 5.97 Å². The van der Waals surface area contributed by atoms with Crippen LogP contribution in [0.25, 0.3) is 11.0 Å². The van der Waals surface area contributed by atoms with Gasteiger partial charge in [-0.3, -0.25) is 4.79 Å². The number of aromatic amines is 1. The molecule has 0 bridgehead atoms. The van der Waals surface area contributed by atoms with Crippen molar-refractivity contribution < 1.29 is 19.1 Å². The molecule has 2 heterocycles. The number of aromatic nitrogens is 2. The Morgan fingerprint density at radius 3 is 2.96 bits per heavy atom. The lowest BCUT2D eigenvalue weighted by Crippen LogP contribution is -2.52. The predicted molar refractivity (Wildman–Crippen MR) is 86.0 cm³/mol. The number of halogens is 1. The first kappa shape index (κ1) is 15.9. The van der Waals surface area contributed by atoms with Gasteiger partial charge < -0.3 is 19.4 Å². The zero-order chi connectivity index (χ0) is 16.6. The Morgan fingerprint density at radius 1 is 1.43 bits per heavy atom. The lowest BCUT2D eigenvalue weighted by atomic mass is 10.1. The number of nitrogens with one attached hydrogen (secondary N) is 1. The van der Waals surface area contributed by atoms with Crippen LogP contribution in [0.15, 0.2) is 22.9 Å². The molecule has 23 heavy (non-hydrogen) atoms. The molecule has 1 aliphatic rings. The van der Waals surface area contributed by atoms with Crippen LogP contribution in [0.2, 0.25) is 0 Å². The Bertz CT molecular complexity index is 760. The van der Waals surface area contributed by atoms with E-state index in [1.807, 2.05) is 13.0 Å². The molecule has 1 N–H and O–H groups in total. The number of hydrogen-bond donors (Lipinski definition) is 1. The lowest BCUT2D eigenvalue weighted by molar-refractivity contribution is -0.164. The van der Waals surface area contributed by atoms with Gasteiger partial charge in [0.25, 0.3) is 5.91 Å². The van der Waals surface area contributed by atoms with E-state index in [2.05, 4.69) is 25.9 Å². The monoisotopic (exact) mass is 381 g/mol. The fourth-order valence-corrected chi connectivity index (χ4v) is 3.18. The molecule has 1 aromatic carbocycles. The summed E-state index contributed by atoms with van der Waals surface area (Å²) < 4.78 is 11.1. The molecule has 7 nitrogen and oxygen atoms in total. The van der Waals surface area contributed by atoms with Gasteiger partial charge in [0.1, 0.15) is 5.52 Å². The number of benzene rings is 1. The summed E-state index contributed by atoms with van der Waals surface area (Å²) in [5.41, 5.74) is 1.86. The summed E-state index contributed by atoms with van der Waals surface area (Å²) in [4.78, 5) is 33.5. The van der Waals surface area contributed by atoms with Gasteiger partial charge in [0.15, 0.2) is 6.10 Å². The van der Waals surface area contributed by atoms with Crippen LogP contribution >= 0.6 is 15.9 Å². The zero-order valence-corrected chi connectivity index (χ0v) is 14.3. The highest BCUT2D eigenvalue weighted by Crippen LogP contribution is 2.24. The number of rotatable bonds is 2. The molecule has 1 amide bonds. The van der Waals surface area contributed by atoms with Crippen molar-refractivity contribution in [3.63, 3.8) is 0 Å². The van der Waals surface area contributed by atoms with Crippen LogP contribution in [0.5, 0.6) is 0 Å². The van der Waals surface area contributed by atoms with Crippen molar-refractivity contribution in [1.29, 1.82) is 0 Å². The Balaban J connectivity index is 1.92. The molecule has 122 valence electrons. The first-order valence-corrected chi connectivity index (χ1v) is 7.94. The molecule has 1 saturated heterocycles. The molecule has 1 aliphatic heterocycles. The molecular formula is C15H16BrN3O4. The van der Waals surface area contributed by atoms with Gasteiger partial charge in [-0.25, -0.2) is 9.78 Å². The summed E-state index contributed by atoms with van der Waals surface area (Å²) in [5.74, 6) is -0.666. The van der Waals surface area contributed by atoms with Crippen molar-refractivity contribution in [3.05, 3.63) is 28.5 Å². The Labute approximate surface area is 141 Å². The molecule has 0 unspecified atom stereocenters. The summed E-state index contributed by atoms with van der Waals surface area (Å²) in [7, 11) is 1.30. The van der Waals surface area contributed by atoms with Crippen LogP contribution in [0, 0.1) is 0 Å². The predicted octanol–water partition coefficient (Wildman–Crippen LogP) is 1.73. The second-order valence-electron chi connectivity index (χ2n) is 5.42. The molecule has 0 aliphatic carbocycles. The van der Waals surface area contributed by atoms with Gasteiger partial charge in [-0.05, 0) is 19.1 Å². The summed E-state index contributed by atoms with van der Waals surface area (Å²) in [6.45, 7) is 2.39. The second kappa shape index (κ2) is 6.29. The van der Waals surface area contributed by atoms with Crippen LogP contribution in [-0.4, -0.2) is 59.2 Å². The molecule has 3 rings (SSSR count). The van der Waals surface area contributed by atoms with Crippen molar-refractivity contribution in [2.45, 2.75) is 19.1 Å². The number of methoxy groups -OCH3 is 1. The van der Waals surface area contributed by atoms with Gasteiger partial charge in [0.05, 0.1) is 37.2 Å². The third kappa shape index (κ3) is 3.09. The Morgan fingerprint density at radius 2 is 2.22 bits per heavy atom. The summed E-state index contributed by atoms with van der Waals surface area (Å²) in [5, 5.41) is 0. The van der Waals surface area contributed by atoms with E-state index in [4.69, 9.17) is 9.47 Å². The number of esters is 1. The molecule has 2 atom stereocenters. The zero-order valence-electron chi connectivity index (χ0n) is 12.7. The SMILES string of the molecule is COC(=O)[C@@H]1CN(C(=O)c2cc(Br)cc3[nH]cnc23)C[C@@H](C)O1. The van der Waals surface area contributed by atoms with Crippen LogP contribution in [0.1, 0.15) is 17.3 Å². The van der Waals surface area contributed by atoms with Crippen molar-refractivity contribution in [2.24, 2.45) is 0 Å². The number of imidazole rings is 1. The molecule has 8 heteroatoms. The van der Waals surface area contributed by atoms with Crippen LogP contribution in [0.3, 0.4) is 0 Å². The number of amides is 1. The van der Waals surface area contributed by atoms with Gasteiger partial charge in [-0.2, -0.15) is 0 Å². The highest BCUT2D eigenvalue weighted by molar-refractivity contribution is 9.10. The number of carbonyl (C=O) groups is 2. The number of ether oxygens (including phenoxy) is 2. The van der Waals surface area contributed by atoms with E-state index in [9.17, 15) is 9.59 Å². The maximum absolute atomic E-state index is 12.9. The lowest BCUT2D eigenvalue weighted by Gasteiger charge is -2.35. The average Bonchev–Trinajstić information content (AvgIpc) is 3.00. The minimum Gasteiger partial charge on any atom is -0.467 e. The highest BCUT2D eigenvalue weighted by atomic mass is 79.9. The third-order valence-electron chi connectivity index (χ3n) is 3.73. The minimum atomic E-state index is -0.769. The van der Waals surface area contributed by atoms with E-state index in [1.54, 1.807) is 17.3 Å².